The summed E-state index contributed by atoms with van der Waals surface area (Å²) in [5, 5.41) is 13.3. The molecule has 0 fully saturated rings. The summed E-state index contributed by atoms with van der Waals surface area (Å²) < 4.78 is 0. The number of hydrogen-bond acceptors (Lipinski definition) is 3. The summed E-state index contributed by atoms with van der Waals surface area (Å²) in [7, 11) is 0. The summed E-state index contributed by atoms with van der Waals surface area (Å²) >= 11 is 0. The zero-order valence-electron chi connectivity index (χ0n) is 10.7. The zero-order chi connectivity index (χ0) is 13.0. The van der Waals surface area contributed by atoms with Crippen LogP contribution in [-0.4, -0.2) is 10.1 Å². The number of phenolic OH excluding ortho intramolecular Hbond substituents is 1. The van der Waals surface area contributed by atoms with Crippen LogP contribution < -0.4 is 5.32 Å². The second kappa shape index (κ2) is 5.65. The minimum absolute atomic E-state index is 0.158. The Hall–Kier alpha value is -1.87. The van der Waals surface area contributed by atoms with Gasteiger partial charge < -0.3 is 10.4 Å². The molecule has 1 aromatic carbocycles. The fourth-order valence-electron chi connectivity index (χ4n) is 1.86. The van der Waals surface area contributed by atoms with Gasteiger partial charge in [0.25, 0.3) is 0 Å². The SMILES string of the molecule is Cc1cccc(CN[C@@H](C)c2ccccn2)c1O. The van der Waals surface area contributed by atoms with Gasteiger partial charge in [0.15, 0.2) is 0 Å². The van der Waals surface area contributed by atoms with Gasteiger partial charge in [-0.3, -0.25) is 4.98 Å². The van der Waals surface area contributed by atoms with E-state index in [1.54, 1.807) is 6.20 Å². The van der Waals surface area contributed by atoms with Crippen LogP contribution in [0.25, 0.3) is 0 Å². The molecule has 0 unspecified atom stereocenters. The van der Waals surface area contributed by atoms with Gasteiger partial charge >= 0.3 is 0 Å². The molecule has 94 valence electrons. The van der Waals surface area contributed by atoms with Gasteiger partial charge in [-0.2, -0.15) is 0 Å². The van der Waals surface area contributed by atoms with E-state index in [2.05, 4.69) is 17.2 Å². The first-order valence-electron chi connectivity index (χ1n) is 6.10. The Morgan fingerprint density at radius 1 is 1.22 bits per heavy atom. The van der Waals surface area contributed by atoms with E-state index in [1.165, 1.54) is 0 Å². The highest BCUT2D eigenvalue weighted by atomic mass is 16.3. The first-order chi connectivity index (χ1) is 8.68. The molecule has 1 aromatic heterocycles. The maximum Gasteiger partial charge on any atom is 0.122 e. The van der Waals surface area contributed by atoms with Crippen LogP contribution in [0.4, 0.5) is 0 Å². The maximum absolute atomic E-state index is 9.93. The number of benzene rings is 1. The summed E-state index contributed by atoms with van der Waals surface area (Å²) in [6.45, 7) is 4.60. The highest BCUT2D eigenvalue weighted by Crippen LogP contribution is 2.21. The Labute approximate surface area is 108 Å². The zero-order valence-corrected chi connectivity index (χ0v) is 10.7. The van der Waals surface area contributed by atoms with E-state index in [9.17, 15) is 5.11 Å². The van der Waals surface area contributed by atoms with E-state index < -0.39 is 0 Å². The first kappa shape index (κ1) is 12.6. The molecular formula is C15H18N2O. The summed E-state index contributed by atoms with van der Waals surface area (Å²) in [6, 6.07) is 11.8. The molecule has 2 aromatic rings. The highest BCUT2D eigenvalue weighted by molar-refractivity contribution is 5.39. The molecule has 0 amide bonds. The fraction of sp³-hybridized carbons (Fsp3) is 0.267. The second-order valence-corrected chi connectivity index (χ2v) is 4.44. The molecular weight excluding hydrogens is 224 g/mol. The van der Waals surface area contributed by atoms with Crippen molar-refractivity contribution in [2.75, 3.05) is 0 Å². The minimum Gasteiger partial charge on any atom is -0.507 e. The number of rotatable bonds is 4. The number of nitrogens with zero attached hydrogens (tertiary/aromatic N) is 1. The molecule has 1 atom stereocenters. The van der Waals surface area contributed by atoms with E-state index in [0.717, 1.165) is 16.8 Å². The number of aryl methyl sites for hydroxylation is 1. The van der Waals surface area contributed by atoms with E-state index in [0.29, 0.717) is 12.3 Å². The number of para-hydroxylation sites is 1. The lowest BCUT2D eigenvalue weighted by atomic mass is 10.1. The van der Waals surface area contributed by atoms with Crippen molar-refractivity contribution in [1.82, 2.24) is 10.3 Å². The Morgan fingerprint density at radius 2 is 2.06 bits per heavy atom. The summed E-state index contributed by atoms with van der Waals surface area (Å²) in [5.41, 5.74) is 2.82. The van der Waals surface area contributed by atoms with Crippen molar-refractivity contribution in [2.45, 2.75) is 26.4 Å². The predicted octanol–water partition coefficient (Wildman–Crippen LogP) is 2.95. The monoisotopic (exact) mass is 242 g/mol. The smallest absolute Gasteiger partial charge is 0.122 e. The maximum atomic E-state index is 9.93. The van der Waals surface area contributed by atoms with Crippen molar-refractivity contribution < 1.29 is 5.11 Å². The Balaban J connectivity index is 2.02. The molecule has 2 N–H and O–H groups in total. The van der Waals surface area contributed by atoms with Crippen LogP contribution in [0.5, 0.6) is 5.75 Å². The number of aromatic nitrogens is 1. The molecule has 0 radical (unpaired) electrons. The average molecular weight is 242 g/mol. The molecule has 3 heteroatoms. The topological polar surface area (TPSA) is 45.2 Å². The van der Waals surface area contributed by atoms with Crippen LogP contribution in [0, 0.1) is 6.92 Å². The third-order valence-electron chi connectivity index (χ3n) is 3.05. The lowest BCUT2D eigenvalue weighted by Gasteiger charge is -2.14. The fourth-order valence-corrected chi connectivity index (χ4v) is 1.86. The summed E-state index contributed by atoms with van der Waals surface area (Å²) in [5.74, 6) is 0.373. The van der Waals surface area contributed by atoms with Crippen LogP contribution in [0.1, 0.15) is 29.8 Å². The molecule has 2 rings (SSSR count). The third-order valence-corrected chi connectivity index (χ3v) is 3.05. The summed E-state index contributed by atoms with van der Waals surface area (Å²) in [6.07, 6.45) is 1.79. The predicted molar refractivity (Wildman–Crippen MR) is 72.3 cm³/mol. The van der Waals surface area contributed by atoms with E-state index >= 15 is 0 Å². The van der Waals surface area contributed by atoms with Crippen LogP contribution in [-0.2, 0) is 6.54 Å². The van der Waals surface area contributed by atoms with Gasteiger partial charge in [-0.05, 0) is 31.5 Å². The molecule has 0 aliphatic carbocycles. The third kappa shape index (κ3) is 2.87. The van der Waals surface area contributed by atoms with E-state index in [1.807, 2.05) is 43.3 Å². The van der Waals surface area contributed by atoms with Crippen LogP contribution in [0.3, 0.4) is 0 Å². The van der Waals surface area contributed by atoms with Crippen molar-refractivity contribution in [3.05, 3.63) is 59.4 Å². The Bertz CT molecular complexity index is 511. The van der Waals surface area contributed by atoms with Crippen molar-refractivity contribution in [2.24, 2.45) is 0 Å². The molecule has 0 bridgehead atoms. The molecule has 0 aliphatic heterocycles. The van der Waals surface area contributed by atoms with Gasteiger partial charge in [-0.1, -0.05) is 24.3 Å². The lowest BCUT2D eigenvalue weighted by molar-refractivity contribution is 0.455. The molecule has 0 saturated heterocycles. The highest BCUT2D eigenvalue weighted by Gasteiger charge is 2.08. The largest absolute Gasteiger partial charge is 0.507 e. The molecule has 1 heterocycles. The molecule has 0 aliphatic rings. The number of aromatic hydroxyl groups is 1. The van der Waals surface area contributed by atoms with Gasteiger partial charge in [0, 0.05) is 24.3 Å². The molecule has 3 nitrogen and oxygen atoms in total. The average Bonchev–Trinajstić information content (AvgIpc) is 2.41. The van der Waals surface area contributed by atoms with Crippen molar-refractivity contribution in [3.63, 3.8) is 0 Å². The Morgan fingerprint density at radius 3 is 2.78 bits per heavy atom. The first-order valence-corrected chi connectivity index (χ1v) is 6.10. The van der Waals surface area contributed by atoms with Crippen molar-refractivity contribution in [3.8, 4) is 5.75 Å². The van der Waals surface area contributed by atoms with Crippen molar-refractivity contribution >= 4 is 0 Å². The lowest BCUT2D eigenvalue weighted by Crippen LogP contribution is -2.19. The normalized spacial score (nSPS) is 12.3. The summed E-state index contributed by atoms with van der Waals surface area (Å²) in [4.78, 5) is 4.31. The molecule has 0 spiro atoms. The molecule has 0 saturated carbocycles. The standard InChI is InChI=1S/C15H18N2O/c1-11-6-5-7-13(15(11)18)10-17-12(2)14-8-3-4-9-16-14/h3-9,12,17-18H,10H2,1-2H3/t12-/m0/s1. The van der Waals surface area contributed by atoms with E-state index in [-0.39, 0.29) is 6.04 Å². The quantitative estimate of drug-likeness (QED) is 0.866. The Kier molecular flexibility index (Phi) is 3.95. The number of pyridine rings is 1. The van der Waals surface area contributed by atoms with Crippen molar-refractivity contribution in [1.29, 1.82) is 0 Å². The van der Waals surface area contributed by atoms with Gasteiger partial charge in [-0.15, -0.1) is 0 Å². The van der Waals surface area contributed by atoms with Crippen LogP contribution in [0.15, 0.2) is 42.6 Å². The number of phenols is 1. The number of nitrogens with one attached hydrogen (secondary N) is 1. The van der Waals surface area contributed by atoms with Crippen LogP contribution in [0.2, 0.25) is 0 Å². The second-order valence-electron chi connectivity index (χ2n) is 4.44. The van der Waals surface area contributed by atoms with Crippen LogP contribution >= 0.6 is 0 Å². The van der Waals surface area contributed by atoms with Gasteiger partial charge in [0.05, 0.1) is 5.69 Å². The van der Waals surface area contributed by atoms with E-state index in [4.69, 9.17) is 0 Å². The molecule has 18 heavy (non-hydrogen) atoms. The van der Waals surface area contributed by atoms with Gasteiger partial charge in [0.1, 0.15) is 5.75 Å². The van der Waals surface area contributed by atoms with Gasteiger partial charge in [-0.25, -0.2) is 0 Å². The number of hydrogen-bond donors (Lipinski definition) is 2. The van der Waals surface area contributed by atoms with Gasteiger partial charge in [0.2, 0.25) is 0 Å². The minimum atomic E-state index is 0.158.